The minimum absolute atomic E-state index is 0.682. The minimum Gasteiger partial charge on any atom is -0.314 e. The first-order valence-corrected chi connectivity index (χ1v) is 7.08. The number of aromatic nitrogens is 4. The molecule has 1 saturated carbocycles. The van der Waals surface area contributed by atoms with E-state index >= 15 is 0 Å². The van der Waals surface area contributed by atoms with Gasteiger partial charge in [-0.1, -0.05) is 0 Å². The van der Waals surface area contributed by atoms with Gasteiger partial charge in [0.15, 0.2) is 5.82 Å². The molecule has 0 amide bonds. The first-order chi connectivity index (χ1) is 9.74. The van der Waals surface area contributed by atoms with Crippen molar-refractivity contribution in [2.45, 2.75) is 39.2 Å². The normalized spacial score (nSPS) is 14.5. The summed E-state index contributed by atoms with van der Waals surface area (Å²) in [5, 5.41) is 3.53. The zero-order valence-corrected chi connectivity index (χ0v) is 11.9. The lowest BCUT2D eigenvalue weighted by Crippen LogP contribution is -2.20. The highest BCUT2D eigenvalue weighted by Gasteiger charge is 2.20. The highest BCUT2D eigenvalue weighted by atomic mass is 15.0. The SMILES string of the molecule is Cc1nc(-c2ccncn2)nc(C)c1CCNC1CC1. The van der Waals surface area contributed by atoms with Crippen LogP contribution in [0.15, 0.2) is 18.6 Å². The van der Waals surface area contributed by atoms with Crippen LogP contribution in [-0.4, -0.2) is 32.5 Å². The van der Waals surface area contributed by atoms with Crippen molar-refractivity contribution in [3.05, 3.63) is 35.5 Å². The molecule has 1 N–H and O–H groups in total. The Morgan fingerprint density at radius 2 is 1.95 bits per heavy atom. The van der Waals surface area contributed by atoms with Gasteiger partial charge in [0.2, 0.25) is 0 Å². The summed E-state index contributed by atoms with van der Waals surface area (Å²) in [7, 11) is 0. The molecular formula is C15H19N5. The van der Waals surface area contributed by atoms with Gasteiger partial charge in [0, 0.05) is 23.6 Å². The van der Waals surface area contributed by atoms with E-state index in [1.807, 2.05) is 19.9 Å². The summed E-state index contributed by atoms with van der Waals surface area (Å²) in [6.07, 6.45) is 6.86. The van der Waals surface area contributed by atoms with Crippen molar-refractivity contribution in [2.75, 3.05) is 6.54 Å². The largest absolute Gasteiger partial charge is 0.314 e. The van der Waals surface area contributed by atoms with Crippen LogP contribution in [0.25, 0.3) is 11.5 Å². The first kappa shape index (κ1) is 13.1. The fraction of sp³-hybridized carbons (Fsp3) is 0.467. The number of rotatable bonds is 5. The van der Waals surface area contributed by atoms with Crippen LogP contribution in [0.2, 0.25) is 0 Å². The maximum atomic E-state index is 4.59. The average Bonchev–Trinajstić information content (AvgIpc) is 3.27. The van der Waals surface area contributed by atoms with Crippen molar-refractivity contribution in [2.24, 2.45) is 0 Å². The van der Waals surface area contributed by atoms with Crippen LogP contribution >= 0.6 is 0 Å². The Morgan fingerprint density at radius 1 is 1.20 bits per heavy atom. The first-order valence-electron chi connectivity index (χ1n) is 7.08. The van der Waals surface area contributed by atoms with Crippen molar-refractivity contribution < 1.29 is 0 Å². The van der Waals surface area contributed by atoms with E-state index < -0.39 is 0 Å². The number of aryl methyl sites for hydroxylation is 2. The summed E-state index contributed by atoms with van der Waals surface area (Å²) in [6, 6.07) is 2.58. The smallest absolute Gasteiger partial charge is 0.178 e. The van der Waals surface area contributed by atoms with Crippen LogP contribution in [0, 0.1) is 13.8 Å². The molecule has 1 aliphatic carbocycles. The van der Waals surface area contributed by atoms with Crippen molar-refractivity contribution in [1.82, 2.24) is 25.3 Å². The fourth-order valence-electron chi connectivity index (χ4n) is 2.33. The third-order valence-corrected chi connectivity index (χ3v) is 3.62. The molecule has 1 aliphatic rings. The second kappa shape index (κ2) is 5.63. The summed E-state index contributed by atoms with van der Waals surface area (Å²) < 4.78 is 0. The molecule has 0 atom stereocenters. The van der Waals surface area contributed by atoms with Gasteiger partial charge in [0.25, 0.3) is 0 Å². The van der Waals surface area contributed by atoms with Gasteiger partial charge >= 0.3 is 0 Å². The van der Waals surface area contributed by atoms with Gasteiger partial charge in [-0.3, -0.25) is 0 Å². The van der Waals surface area contributed by atoms with Gasteiger partial charge in [0.1, 0.15) is 12.0 Å². The van der Waals surface area contributed by atoms with Crippen LogP contribution in [0.4, 0.5) is 0 Å². The maximum absolute atomic E-state index is 4.59. The van der Waals surface area contributed by atoms with E-state index in [1.165, 1.54) is 24.7 Å². The van der Waals surface area contributed by atoms with Crippen LogP contribution < -0.4 is 5.32 Å². The lowest BCUT2D eigenvalue weighted by Gasteiger charge is -2.11. The molecule has 0 unspecified atom stereocenters. The summed E-state index contributed by atoms with van der Waals surface area (Å²) >= 11 is 0. The van der Waals surface area contributed by atoms with E-state index in [4.69, 9.17) is 0 Å². The van der Waals surface area contributed by atoms with Gasteiger partial charge in [-0.25, -0.2) is 19.9 Å². The number of nitrogens with one attached hydrogen (secondary N) is 1. The van der Waals surface area contributed by atoms with Crippen molar-refractivity contribution in [3.63, 3.8) is 0 Å². The predicted octanol–water partition coefficient (Wildman–Crippen LogP) is 1.84. The van der Waals surface area contributed by atoms with Crippen LogP contribution in [-0.2, 0) is 6.42 Å². The molecule has 5 nitrogen and oxygen atoms in total. The summed E-state index contributed by atoms with van der Waals surface area (Å²) in [5.41, 5.74) is 4.11. The highest BCUT2D eigenvalue weighted by molar-refractivity contribution is 5.49. The van der Waals surface area contributed by atoms with E-state index in [0.29, 0.717) is 5.82 Å². The van der Waals surface area contributed by atoms with Gasteiger partial charge in [-0.15, -0.1) is 0 Å². The van der Waals surface area contributed by atoms with Crippen LogP contribution in [0.1, 0.15) is 29.8 Å². The Labute approximate surface area is 118 Å². The molecule has 0 aliphatic heterocycles. The Kier molecular flexibility index (Phi) is 3.69. The molecule has 104 valence electrons. The molecule has 20 heavy (non-hydrogen) atoms. The summed E-state index contributed by atoms with van der Waals surface area (Å²) in [5.74, 6) is 0.682. The summed E-state index contributed by atoms with van der Waals surface area (Å²) in [6.45, 7) is 5.10. The molecule has 0 saturated heterocycles. The highest BCUT2D eigenvalue weighted by Crippen LogP contribution is 2.20. The summed E-state index contributed by atoms with van der Waals surface area (Å²) in [4.78, 5) is 17.3. The number of nitrogens with zero attached hydrogens (tertiary/aromatic N) is 4. The van der Waals surface area contributed by atoms with E-state index in [2.05, 4.69) is 25.3 Å². The lowest BCUT2D eigenvalue weighted by atomic mass is 10.1. The van der Waals surface area contributed by atoms with Gasteiger partial charge < -0.3 is 5.32 Å². The van der Waals surface area contributed by atoms with Gasteiger partial charge in [-0.05, 0) is 51.3 Å². The Balaban J connectivity index is 1.78. The topological polar surface area (TPSA) is 63.6 Å². The Morgan fingerprint density at radius 3 is 2.55 bits per heavy atom. The molecule has 0 radical (unpaired) electrons. The van der Waals surface area contributed by atoms with Gasteiger partial charge in [0.05, 0.1) is 0 Å². The Bertz CT molecular complexity index is 569. The predicted molar refractivity (Wildman–Crippen MR) is 77.3 cm³/mol. The molecular weight excluding hydrogens is 250 g/mol. The molecule has 0 spiro atoms. The number of hydrogen-bond donors (Lipinski definition) is 1. The lowest BCUT2D eigenvalue weighted by molar-refractivity contribution is 0.675. The zero-order chi connectivity index (χ0) is 13.9. The van der Waals surface area contributed by atoms with E-state index in [0.717, 1.165) is 36.1 Å². The zero-order valence-electron chi connectivity index (χ0n) is 11.9. The average molecular weight is 269 g/mol. The molecule has 2 heterocycles. The second-order valence-electron chi connectivity index (χ2n) is 5.27. The van der Waals surface area contributed by atoms with Crippen LogP contribution in [0.3, 0.4) is 0 Å². The number of hydrogen-bond acceptors (Lipinski definition) is 5. The maximum Gasteiger partial charge on any atom is 0.178 e. The molecule has 0 bridgehead atoms. The molecule has 0 aromatic carbocycles. The fourth-order valence-corrected chi connectivity index (χ4v) is 2.33. The van der Waals surface area contributed by atoms with Crippen molar-refractivity contribution >= 4 is 0 Å². The molecule has 2 aromatic heterocycles. The van der Waals surface area contributed by atoms with Crippen molar-refractivity contribution in [1.29, 1.82) is 0 Å². The van der Waals surface area contributed by atoms with E-state index in [1.54, 1.807) is 6.20 Å². The molecule has 3 rings (SSSR count). The third-order valence-electron chi connectivity index (χ3n) is 3.62. The quantitative estimate of drug-likeness (QED) is 0.897. The van der Waals surface area contributed by atoms with Gasteiger partial charge in [-0.2, -0.15) is 0 Å². The van der Waals surface area contributed by atoms with Crippen molar-refractivity contribution in [3.8, 4) is 11.5 Å². The molecule has 1 fully saturated rings. The molecule has 5 heteroatoms. The monoisotopic (exact) mass is 269 g/mol. The molecule has 2 aromatic rings. The Hall–Kier alpha value is -1.88. The third kappa shape index (κ3) is 2.99. The van der Waals surface area contributed by atoms with E-state index in [-0.39, 0.29) is 0 Å². The van der Waals surface area contributed by atoms with E-state index in [9.17, 15) is 0 Å². The minimum atomic E-state index is 0.682. The standard InChI is InChI=1S/C15H19N5/c1-10-13(5-8-17-12-3-4-12)11(2)20-15(19-10)14-6-7-16-9-18-14/h6-7,9,12,17H,3-5,8H2,1-2H3. The van der Waals surface area contributed by atoms with Crippen LogP contribution in [0.5, 0.6) is 0 Å². The second-order valence-corrected chi connectivity index (χ2v) is 5.27.